The number of methoxy groups -OCH3 is 3. The first kappa shape index (κ1) is 17.1. The zero-order valence-electron chi connectivity index (χ0n) is 13.5. The molecule has 126 valence electrons. The van der Waals surface area contributed by atoms with Crippen LogP contribution in [0.3, 0.4) is 0 Å². The molecule has 0 saturated carbocycles. The fraction of sp³-hybridized carbons (Fsp3) is 0.500. The molecule has 1 aliphatic rings. The van der Waals surface area contributed by atoms with Gasteiger partial charge < -0.3 is 24.2 Å². The quantitative estimate of drug-likeness (QED) is 0.852. The van der Waals surface area contributed by atoms with Crippen LogP contribution in [0.15, 0.2) is 18.2 Å². The molecule has 1 atom stereocenters. The number of hydrogen-bond donors (Lipinski definition) is 1. The lowest BCUT2D eigenvalue weighted by atomic mass is 9.96. The number of nitrogens with zero attached hydrogens (tertiary/aromatic N) is 1. The molecule has 1 aliphatic heterocycles. The minimum Gasteiger partial charge on any atom is -0.493 e. The lowest BCUT2D eigenvalue weighted by Crippen LogP contribution is -2.56. The van der Waals surface area contributed by atoms with Crippen molar-refractivity contribution in [3.63, 3.8) is 0 Å². The average molecular weight is 323 g/mol. The summed E-state index contributed by atoms with van der Waals surface area (Å²) < 4.78 is 15.6. The topological polar surface area (TPSA) is 85.3 Å². The number of rotatable bonds is 6. The van der Waals surface area contributed by atoms with Gasteiger partial charge in [-0.3, -0.25) is 4.79 Å². The number of likely N-dealkylation sites (tertiary alicyclic amines) is 1. The van der Waals surface area contributed by atoms with Gasteiger partial charge >= 0.3 is 5.97 Å². The highest BCUT2D eigenvalue weighted by atomic mass is 16.5. The van der Waals surface area contributed by atoms with Crippen LogP contribution >= 0.6 is 0 Å². The van der Waals surface area contributed by atoms with Crippen LogP contribution in [0, 0.1) is 0 Å². The first-order valence-electron chi connectivity index (χ1n) is 7.27. The number of para-hydroxylation sites is 1. The number of aliphatic carboxylic acids is 1. The molecular formula is C16H21NO6. The number of ether oxygens (including phenoxy) is 3. The maximum atomic E-state index is 13.0. The monoisotopic (exact) mass is 323 g/mol. The number of hydrogen-bond acceptors (Lipinski definition) is 5. The van der Waals surface area contributed by atoms with Gasteiger partial charge in [-0.2, -0.15) is 0 Å². The second kappa shape index (κ2) is 6.87. The summed E-state index contributed by atoms with van der Waals surface area (Å²) in [6, 6.07) is 4.95. The van der Waals surface area contributed by atoms with Gasteiger partial charge in [-0.15, -0.1) is 0 Å². The smallest absolute Gasteiger partial charge is 0.332 e. The Hall–Kier alpha value is -2.28. The SMILES string of the molecule is COCC1(C(=O)O)CCCN1C(=O)c1cccc(OC)c1OC. The third kappa shape index (κ3) is 2.84. The Morgan fingerprint density at radius 2 is 2.00 bits per heavy atom. The summed E-state index contributed by atoms with van der Waals surface area (Å²) in [7, 11) is 4.35. The molecule has 23 heavy (non-hydrogen) atoms. The molecule has 0 spiro atoms. The van der Waals surface area contributed by atoms with Crippen molar-refractivity contribution in [2.45, 2.75) is 18.4 Å². The van der Waals surface area contributed by atoms with E-state index in [0.717, 1.165) is 0 Å². The number of carboxylic acid groups (broad SMARTS) is 1. The molecule has 0 aliphatic carbocycles. The van der Waals surface area contributed by atoms with Gasteiger partial charge in [0.05, 0.1) is 26.4 Å². The standard InChI is InChI=1S/C16H21NO6/c1-21-10-16(15(19)20)8-5-9-17(16)14(18)11-6-4-7-12(22-2)13(11)23-3/h4,6-7H,5,8-10H2,1-3H3,(H,19,20). The fourth-order valence-electron chi connectivity index (χ4n) is 3.05. The molecule has 1 fully saturated rings. The van der Waals surface area contributed by atoms with Gasteiger partial charge in [0, 0.05) is 13.7 Å². The number of carbonyl (C=O) groups is 2. The molecule has 0 bridgehead atoms. The van der Waals surface area contributed by atoms with Crippen molar-refractivity contribution in [2.24, 2.45) is 0 Å². The van der Waals surface area contributed by atoms with E-state index in [9.17, 15) is 14.7 Å². The minimum atomic E-state index is -1.35. The molecule has 1 unspecified atom stereocenters. The van der Waals surface area contributed by atoms with Crippen molar-refractivity contribution in [1.82, 2.24) is 4.90 Å². The van der Waals surface area contributed by atoms with Crippen molar-refractivity contribution in [3.05, 3.63) is 23.8 Å². The highest BCUT2D eigenvalue weighted by Gasteiger charge is 2.50. The molecule has 1 aromatic carbocycles. The Bertz CT molecular complexity index is 602. The Labute approximate surface area is 134 Å². The van der Waals surface area contributed by atoms with Crippen LogP contribution in [-0.4, -0.2) is 61.9 Å². The van der Waals surface area contributed by atoms with E-state index in [0.29, 0.717) is 30.9 Å². The first-order valence-corrected chi connectivity index (χ1v) is 7.27. The van der Waals surface area contributed by atoms with E-state index in [1.54, 1.807) is 18.2 Å². The van der Waals surface area contributed by atoms with E-state index in [2.05, 4.69) is 0 Å². The van der Waals surface area contributed by atoms with Crippen molar-refractivity contribution in [2.75, 3.05) is 34.5 Å². The van der Waals surface area contributed by atoms with Crippen LogP contribution in [0.1, 0.15) is 23.2 Å². The van der Waals surface area contributed by atoms with Crippen LogP contribution < -0.4 is 9.47 Å². The molecule has 0 aromatic heterocycles. The molecule has 0 radical (unpaired) electrons. The molecule has 1 N–H and O–H groups in total. The summed E-state index contributed by atoms with van der Waals surface area (Å²) in [6.45, 7) is 0.301. The summed E-state index contributed by atoms with van der Waals surface area (Å²) >= 11 is 0. The average Bonchev–Trinajstić information content (AvgIpc) is 2.98. The van der Waals surface area contributed by atoms with Crippen molar-refractivity contribution < 1.29 is 28.9 Å². The Kier molecular flexibility index (Phi) is 5.10. The van der Waals surface area contributed by atoms with Crippen molar-refractivity contribution in [1.29, 1.82) is 0 Å². The Morgan fingerprint density at radius 3 is 2.57 bits per heavy atom. The fourth-order valence-corrected chi connectivity index (χ4v) is 3.05. The maximum Gasteiger partial charge on any atom is 0.332 e. The predicted molar refractivity (Wildman–Crippen MR) is 82.1 cm³/mol. The van der Waals surface area contributed by atoms with Crippen LogP contribution in [0.5, 0.6) is 11.5 Å². The lowest BCUT2D eigenvalue weighted by molar-refractivity contribution is -0.151. The molecule has 1 aromatic rings. The van der Waals surface area contributed by atoms with Crippen LogP contribution in [0.2, 0.25) is 0 Å². The van der Waals surface area contributed by atoms with Crippen LogP contribution in [-0.2, 0) is 9.53 Å². The van der Waals surface area contributed by atoms with E-state index in [4.69, 9.17) is 14.2 Å². The summed E-state index contributed by atoms with van der Waals surface area (Å²) in [5.74, 6) is -0.751. The van der Waals surface area contributed by atoms with Gasteiger partial charge in [0.25, 0.3) is 5.91 Å². The van der Waals surface area contributed by atoms with Crippen LogP contribution in [0.25, 0.3) is 0 Å². The van der Waals surface area contributed by atoms with Gasteiger partial charge in [0.2, 0.25) is 0 Å². The number of benzene rings is 1. The second-order valence-electron chi connectivity index (χ2n) is 5.37. The molecule has 1 amide bonds. The Balaban J connectivity index is 2.45. The number of carbonyl (C=O) groups excluding carboxylic acids is 1. The normalized spacial score (nSPS) is 20.4. The summed E-state index contributed by atoms with van der Waals surface area (Å²) in [4.78, 5) is 26.1. The molecule has 7 heteroatoms. The molecular weight excluding hydrogens is 302 g/mol. The first-order chi connectivity index (χ1) is 11.0. The minimum absolute atomic E-state index is 0.0552. The van der Waals surface area contributed by atoms with Gasteiger partial charge in [0.1, 0.15) is 0 Å². The maximum absolute atomic E-state index is 13.0. The van der Waals surface area contributed by atoms with Gasteiger partial charge in [-0.05, 0) is 25.0 Å². The van der Waals surface area contributed by atoms with E-state index >= 15 is 0 Å². The zero-order valence-corrected chi connectivity index (χ0v) is 13.5. The third-order valence-corrected chi connectivity index (χ3v) is 4.15. The van der Waals surface area contributed by atoms with E-state index in [-0.39, 0.29) is 12.2 Å². The van der Waals surface area contributed by atoms with Gasteiger partial charge in [-0.1, -0.05) is 6.07 Å². The van der Waals surface area contributed by atoms with E-state index in [1.165, 1.54) is 26.2 Å². The molecule has 7 nitrogen and oxygen atoms in total. The lowest BCUT2D eigenvalue weighted by Gasteiger charge is -2.34. The largest absolute Gasteiger partial charge is 0.493 e. The Morgan fingerprint density at radius 1 is 1.26 bits per heavy atom. The summed E-state index contributed by atoms with van der Waals surface area (Å²) in [6.07, 6.45) is 0.960. The summed E-state index contributed by atoms with van der Waals surface area (Å²) in [5, 5.41) is 9.66. The zero-order chi connectivity index (χ0) is 17.0. The summed E-state index contributed by atoms with van der Waals surface area (Å²) in [5.41, 5.74) is -1.07. The number of amides is 1. The van der Waals surface area contributed by atoms with Crippen molar-refractivity contribution >= 4 is 11.9 Å². The highest BCUT2D eigenvalue weighted by molar-refractivity contribution is 6.01. The molecule has 1 heterocycles. The van der Waals surface area contributed by atoms with Gasteiger partial charge in [0.15, 0.2) is 17.0 Å². The molecule has 1 saturated heterocycles. The highest BCUT2D eigenvalue weighted by Crippen LogP contribution is 2.36. The third-order valence-electron chi connectivity index (χ3n) is 4.15. The second-order valence-corrected chi connectivity index (χ2v) is 5.37. The van der Waals surface area contributed by atoms with Crippen LogP contribution in [0.4, 0.5) is 0 Å². The number of carboxylic acids is 1. The van der Waals surface area contributed by atoms with E-state index in [1.807, 2.05) is 0 Å². The molecule has 2 rings (SSSR count). The predicted octanol–water partition coefficient (Wildman–Crippen LogP) is 1.41. The van der Waals surface area contributed by atoms with E-state index < -0.39 is 17.4 Å². The van der Waals surface area contributed by atoms with Gasteiger partial charge in [-0.25, -0.2) is 4.79 Å². The van der Waals surface area contributed by atoms with Crippen molar-refractivity contribution in [3.8, 4) is 11.5 Å².